The Kier molecular flexibility index (Phi) is 7.44. The fourth-order valence-electron chi connectivity index (χ4n) is 3.30. The maximum absolute atomic E-state index is 12.7. The van der Waals surface area contributed by atoms with Crippen molar-refractivity contribution in [2.75, 3.05) is 18.4 Å². The lowest BCUT2D eigenvalue weighted by Gasteiger charge is -2.21. The fourth-order valence-corrected chi connectivity index (χ4v) is 3.30. The number of hydrogen-bond acceptors (Lipinski definition) is 3. The van der Waals surface area contributed by atoms with Crippen LogP contribution in [-0.2, 0) is 16.0 Å². The molecule has 0 aliphatic heterocycles. The second-order valence-corrected chi connectivity index (χ2v) is 7.31. The summed E-state index contributed by atoms with van der Waals surface area (Å²) in [6, 6.07) is 21.3. The highest BCUT2D eigenvalue weighted by Gasteiger charge is 2.17. The van der Waals surface area contributed by atoms with Gasteiger partial charge in [-0.1, -0.05) is 55.5 Å². The second kappa shape index (κ2) is 10.4. The molecule has 0 saturated carbocycles. The van der Waals surface area contributed by atoms with Crippen LogP contribution in [-0.4, -0.2) is 29.8 Å². The lowest BCUT2D eigenvalue weighted by molar-refractivity contribution is -0.134. The summed E-state index contributed by atoms with van der Waals surface area (Å²) in [5.41, 5.74) is 2.78. The number of rotatable bonds is 9. The molecule has 0 spiro atoms. The summed E-state index contributed by atoms with van der Waals surface area (Å²) in [5.74, 6) is 1.33. The minimum absolute atomic E-state index is 0.0468. The van der Waals surface area contributed by atoms with Crippen LogP contribution in [0, 0.1) is 6.92 Å². The largest absolute Gasteiger partial charge is 0.461 e. The van der Waals surface area contributed by atoms with Crippen molar-refractivity contribution in [3.05, 3.63) is 78.1 Å². The van der Waals surface area contributed by atoms with Crippen molar-refractivity contribution in [3.63, 3.8) is 0 Å². The van der Waals surface area contributed by atoms with Crippen LogP contribution in [0.3, 0.4) is 0 Å². The van der Waals surface area contributed by atoms with Gasteiger partial charge in [0, 0.05) is 30.6 Å². The summed E-state index contributed by atoms with van der Waals surface area (Å²) >= 11 is 0. The van der Waals surface area contributed by atoms with E-state index in [0.717, 1.165) is 34.8 Å². The van der Waals surface area contributed by atoms with Gasteiger partial charge in [0.05, 0.1) is 6.54 Å². The zero-order valence-corrected chi connectivity index (χ0v) is 17.6. The Bertz CT molecular complexity index is 979. The molecular weight excluding hydrogens is 376 g/mol. The van der Waals surface area contributed by atoms with E-state index in [9.17, 15) is 9.59 Å². The molecule has 1 heterocycles. The Labute approximate surface area is 177 Å². The average molecular weight is 405 g/mol. The van der Waals surface area contributed by atoms with Gasteiger partial charge in [0.1, 0.15) is 11.5 Å². The predicted molar refractivity (Wildman–Crippen MR) is 119 cm³/mol. The van der Waals surface area contributed by atoms with Crippen LogP contribution in [0.15, 0.2) is 71.1 Å². The number of para-hydroxylation sites is 1. The van der Waals surface area contributed by atoms with Crippen LogP contribution in [0.5, 0.6) is 0 Å². The van der Waals surface area contributed by atoms with Gasteiger partial charge in [0.25, 0.3) is 0 Å². The van der Waals surface area contributed by atoms with Gasteiger partial charge >= 0.3 is 0 Å². The predicted octanol–water partition coefficient (Wildman–Crippen LogP) is 5.06. The van der Waals surface area contributed by atoms with Gasteiger partial charge in [0.2, 0.25) is 11.8 Å². The van der Waals surface area contributed by atoms with Crippen molar-refractivity contribution in [1.82, 2.24) is 4.90 Å². The quantitative estimate of drug-likeness (QED) is 0.542. The van der Waals surface area contributed by atoms with E-state index in [1.54, 1.807) is 4.90 Å². The summed E-state index contributed by atoms with van der Waals surface area (Å²) < 4.78 is 5.88. The minimum atomic E-state index is -0.185. The maximum Gasteiger partial charge on any atom is 0.244 e. The first kappa shape index (κ1) is 21.4. The van der Waals surface area contributed by atoms with E-state index >= 15 is 0 Å². The summed E-state index contributed by atoms with van der Waals surface area (Å²) in [5, 5.41) is 2.90. The molecule has 0 atom stereocenters. The molecule has 30 heavy (non-hydrogen) atoms. The van der Waals surface area contributed by atoms with Gasteiger partial charge in [-0.25, -0.2) is 0 Å². The molecule has 2 amide bonds. The first-order valence-electron chi connectivity index (χ1n) is 10.3. The molecule has 0 radical (unpaired) electrons. The molecule has 0 unspecified atom stereocenters. The van der Waals surface area contributed by atoms with Crippen molar-refractivity contribution < 1.29 is 14.0 Å². The van der Waals surface area contributed by atoms with Crippen molar-refractivity contribution >= 4 is 17.5 Å². The second-order valence-electron chi connectivity index (χ2n) is 7.31. The van der Waals surface area contributed by atoms with E-state index in [4.69, 9.17) is 4.42 Å². The lowest BCUT2D eigenvalue weighted by Crippen LogP contribution is -2.38. The van der Waals surface area contributed by atoms with Crippen molar-refractivity contribution in [2.45, 2.75) is 33.1 Å². The van der Waals surface area contributed by atoms with Crippen molar-refractivity contribution in [2.24, 2.45) is 0 Å². The molecule has 2 aromatic carbocycles. The molecule has 1 N–H and O–H groups in total. The number of aryl methyl sites for hydroxylation is 2. The third kappa shape index (κ3) is 5.83. The number of furan rings is 1. The van der Waals surface area contributed by atoms with E-state index in [1.165, 1.54) is 0 Å². The molecule has 0 aliphatic carbocycles. The normalized spacial score (nSPS) is 10.6. The number of nitrogens with zero attached hydrogens (tertiary/aromatic N) is 1. The smallest absolute Gasteiger partial charge is 0.244 e. The Morgan fingerprint density at radius 1 is 0.967 bits per heavy atom. The van der Waals surface area contributed by atoms with Gasteiger partial charge in [0.15, 0.2) is 0 Å². The summed E-state index contributed by atoms with van der Waals surface area (Å²) in [4.78, 5) is 26.8. The topological polar surface area (TPSA) is 62.6 Å². The fraction of sp³-hybridized carbons (Fsp3) is 0.280. The molecule has 0 fully saturated rings. The third-order valence-electron chi connectivity index (χ3n) is 4.91. The SMILES string of the molecule is CCCN(CC(=O)Nc1ccccc1C)C(=O)CCc1ccc(-c2ccccc2)o1. The molecule has 0 aliphatic rings. The standard InChI is InChI=1S/C25H28N2O3/c1-3-17-27(18-24(28)26-22-12-8-7-9-19(22)2)25(29)16-14-21-13-15-23(30-21)20-10-5-4-6-11-20/h4-13,15H,3,14,16-18H2,1-2H3,(H,26,28). The molecule has 0 saturated heterocycles. The van der Waals surface area contributed by atoms with Crippen LogP contribution >= 0.6 is 0 Å². The first-order valence-corrected chi connectivity index (χ1v) is 10.3. The van der Waals surface area contributed by atoms with E-state index in [-0.39, 0.29) is 18.4 Å². The van der Waals surface area contributed by atoms with Crippen LogP contribution in [0.4, 0.5) is 5.69 Å². The zero-order chi connectivity index (χ0) is 21.3. The zero-order valence-electron chi connectivity index (χ0n) is 17.6. The summed E-state index contributed by atoms with van der Waals surface area (Å²) in [7, 11) is 0. The molecule has 0 bridgehead atoms. The highest BCUT2D eigenvalue weighted by atomic mass is 16.3. The van der Waals surface area contributed by atoms with Gasteiger partial charge in [-0.3, -0.25) is 9.59 Å². The Morgan fingerprint density at radius 3 is 2.43 bits per heavy atom. The van der Waals surface area contributed by atoms with Gasteiger partial charge in [-0.05, 0) is 37.1 Å². The van der Waals surface area contributed by atoms with Crippen LogP contribution in [0.25, 0.3) is 11.3 Å². The minimum Gasteiger partial charge on any atom is -0.461 e. The Hall–Kier alpha value is -3.34. The first-order chi connectivity index (χ1) is 14.6. The molecular formula is C25H28N2O3. The number of nitrogens with one attached hydrogen (secondary N) is 1. The molecule has 5 heteroatoms. The maximum atomic E-state index is 12.7. The average Bonchev–Trinajstić information content (AvgIpc) is 3.23. The highest BCUT2D eigenvalue weighted by molar-refractivity contribution is 5.95. The molecule has 156 valence electrons. The molecule has 1 aromatic heterocycles. The summed E-state index contributed by atoms with van der Waals surface area (Å²) in [6.07, 6.45) is 1.60. The monoisotopic (exact) mass is 404 g/mol. The molecule has 3 rings (SSSR count). The Morgan fingerprint density at radius 2 is 1.70 bits per heavy atom. The number of carbonyl (C=O) groups excluding carboxylic acids is 2. The number of anilines is 1. The van der Waals surface area contributed by atoms with Crippen molar-refractivity contribution in [1.29, 1.82) is 0 Å². The summed E-state index contributed by atoms with van der Waals surface area (Å²) in [6.45, 7) is 4.54. The van der Waals surface area contributed by atoms with E-state index in [2.05, 4.69) is 5.32 Å². The Balaban J connectivity index is 1.56. The van der Waals surface area contributed by atoms with Crippen molar-refractivity contribution in [3.8, 4) is 11.3 Å². The van der Waals surface area contributed by atoms with E-state index < -0.39 is 0 Å². The molecule has 5 nitrogen and oxygen atoms in total. The van der Waals surface area contributed by atoms with Crippen LogP contribution in [0.1, 0.15) is 31.1 Å². The van der Waals surface area contributed by atoms with Gasteiger partial charge in [-0.2, -0.15) is 0 Å². The van der Waals surface area contributed by atoms with Crippen LogP contribution in [0.2, 0.25) is 0 Å². The molecule has 3 aromatic rings. The van der Waals surface area contributed by atoms with Crippen LogP contribution < -0.4 is 5.32 Å². The lowest BCUT2D eigenvalue weighted by atomic mass is 10.2. The highest BCUT2D eigenvalue weighted by Crippen LogP contribution is 2.22. The number of hydrogen-bond donors (Lipinski definition) is 1. The van der Waals surface area contributed by atoms with E-state index in [0.29, 0.717) is 19.4 Å². The number of amides is 2. The van der Waals surface area contributed by atoms with Gasteiger partial charge in [-0.15, -0.1) is 0 Å². The van der Waals surface area contributed by atoms with Gasteiger partial charge < -0.3 is 14.6 Å². The third-order valence-corrected chi connectivity index (χ3v) is 4.91. The number of carbonyl (C=O) groups is 2. The van der Waals surface area contributed by atoms with E-state index in [1.807, 2.05) is 80.6 Å². The number of benzene rings is 2.